The summed E-state index contributed by atoms with van der Waals surface area (Å²) in [6, 6.07) is 10.1. The number of amides is 1. The number of hydrogen-bond donors (Lipinski definition) is 1. The fraction of sp³-hybridized carbons (Fsp3) is 0.263. The van der Waals surface area contributed by atoms with Gasteiger partial charge in [0.15, 0.2) is 0 Å². The quantitative estimate of drug-likeness (QED) is 0.703. The summed E-state index contributed by atoms with van der Waals surface area (Å²) in [6.07, 6.45) is -0.105. The molecule has 24 heavy (non-hydrogen) atoms. The maximum absolute atomic E-state index is 13.1. The lowest BCUT2D eigenvalue weighted by Crippen LogP contribution is -2.46. The Morgan fingerprint density at radius 2 is 1.88 bits per heavy atom. The predicted molar refractivity (Wildman–Crippen MR) is 100 cm³/mol. The number of carbonyl (C=O) groups excluding carboxylic acids is 1. The predicted octanol–water partition coefficient (Wildman–Crippen LogP) is 4.64. The molecule has 0 fully saturated rings. The Kier molecular flexibility index (Phi) is 3.35. The van der Waals surface area contributed by atoms with E-state index in [1.54, 1.807) is 0 Å². The van der Waals surface area contributed by atoms with E-state index in [9.17, 15) is 4.79 Å². The molecule has 3 heterocycles. The maximum Gasteiger partial charge on any atom is 0.272 e. The zero-order valence-electron chi connectivity index (χ0n) is 14.2. The van der Waals surface area contributed by atoms with Crippen LogP contribution in [0.1, 0.15) is 33.4 Å². The van der Waals surface area contributed by atoms with Gasteiger partial charge in [0, 0.05) is 16.8 Å². The minimum absolute atomic E-state index is 0.0418. The van der Waals surface area contributed by atoms with Crippen molar-refractivity contribution in [2.24, 2.45) is 0 Å². The Balaban J connectivity index is 1.87. The lowest BCUT2D eigenvalue weighted by Gasteiger charge is -2.34. The number of rotatable bonds is 1. The van der Waals surface area contributed by atoms with E-state index >= 15 is 0 Å². The molecule has 1 N–H and O–H groups in total. The second-order valence-corrected chi connectivity index (χ2v) is 7.40. The monoisotopic (exact) mass is 337 g/mol. The van der Waals surface area contributed by atoms with E-state index in [0.29, 0.717) is 0 Å². The fourth-order valence-corrected chi connectivity index (χ4v) is 4.53. The number of nitrogens with zero attached hydrogens (tertiary/aromatic N) is 2. The summed E-state index contributed by atoms with van der Waals surface area (Å²) in [7, 11) is 0. The van der Waals surface area contributed by atoms with Crippen molar-refractivity contribution in [2.45, 2.75) is 33.9 Å². The molecule has 0 spiro atoms. The lowest BCUT2D eigenvalue weighted by molar-refractivity contribution is 0.0981. The second kappa shape index (κ2) is 5.31. The van der Waals surface area contributed by atoms with Gasteiger partial charge in [-0.3, -0.25) is 9.69 Å². The van der Waals surface area contributed by atoms with Gasteiger partial charge in [-0.05, 0) is 51.5 Å². The molecular formula is C19H19N3OS. The first-order chi connectivity index (χ1) is 11.5. The van der Waals surface area contributed by atoms with Crippen LogP contribution < -0.4 is 10.2 Å². The Morgan fingerprint density at radius 3 is 2.58 bits per heavy atom. The Bertz CT molecular complexity index is 959. The summed E-state index contributed by atoms with van der Waals surface area (Å²) >= 11 is 1.47. The van der Waals surface area contributed by atoms with Crippen LogP contribution in [-0.4, -0.2) is 17.1 Å². The van der Waals surface area contributed by atoms with Gasteiger partial charge in [-0.1, -0.05) is 17.7 Å². The van der Waals surface area contributed by atoms with Gasteiger partial charge in [0.2, 0.25) is 0 Å². The number of benzene rings is 1. The van der Waals surface area contributed by atoms with E-state index in [-0.39, 0.29) is 12.1 Å². The van der Waals surface area contributed by atoms with Gasteiger partial charge in [0.1, 0.15) is 15.9 Å². The molecule has 122 valence electrons. The highest BCUT2D eigenvalue weighted by molar-refractivity contribution is 7.21. The molecule has 1 aromatic carbocycles. The van der Waals surface area contributed by atoms with E-state index in [2.05, 4.69) is 23.3 Å². The van der Waals surface area contributed by atoms with Crippen molar-refractivity contribution < 1.29 is 4.79 Å². The number of aryl methyl sites for hydroxylation is 3. The number of aromatic nitrogens is 1. The number of pyridine rings is 1. The number of nitrogens with one attached hydrogen (secondary N) is 1. The molecule has 0 aliphatic carbocycles. The molecule has 1 aliphatic rings. The standard InChI is InChI=1S/C19H19N3OS/c1-10-5-7-14(8-6-10)22-13(4)21-16-15-11(2)9-12(3)20-18(15)24-17(16)19(22)23/h5-9,13,21H,1-4H3/t13-/m0/s1. The minimum Gasteiger partial charge on any atom is -0.363 e. The zero-order chi connectivity index (χ0) is 17.0. The van der Waals surface area contributed by atoms with Gasteiger partial charge in [-0.15, -0.1) is 11.3 Å². The van der Waals surface area contributed by atoms with Gasteiger partial charge in [0.25, 0.3) is 5.91 Å². The third-order valence-corrected chi connectivity index (χ3v) is 5.52. The lowest BCUT2D eigenvalue weighted by atomic mass is 10.1. The van der Waals surface area contributed by atoms with Crippen LogP contribution in [0.5, 0.6) is 0 Å². The van der Waals surface area contributed by atoms with Crippen molar-refractivity contribution in [3.05, 3.63) is 52.0 Å². The highest BCUT2D eigenvalue weighted by atomic mass is 32.1. The number of fused-ring (bicyclic) bond motifs is 3. The minimum atomic E-state index is -0.105. The molecule has 2 aromatic heterocycles. The van der Waals surface area contributed by atoms with Crippen molar-refractivity contribution in [3.63, 3.8) is 0 Å². The van der Waals surface area contributed by atoms with Gasteiger partial charge in [0.05, 0.1) is 5.69 Å². The Labute approximate surface area is 145 Å². The SMILES string of the molecule is Cc1ccc(N2C(=O)c3sc4nc(C)cc(C)c4c3N[C@@H]2C)cc1. The molecule has 1 atom stereocenters. The molecular weight excluding hydrogens is 318 g/mol. The number of hydrogen-bond acceptors (Lipinski definition) is 4. The van der Waals surface area contributed by atoms with E-state index in [1.165, 1.54) is 16.9 Å². The van der Waals surface area contributed by atoms with Gasteiger partial charge < -0.3 is 5.32 Å². The summed E-state index contributed by atoms with van der Waals surface area (Å²) in [6.45, 7) is 8.13. The number of anilines is 2. The third kappa shape index (κ3) is 2.19. The first-order valence-electron chi connectivity index (χ1n) is 8.03. The molecule has 0 unspecified atom stereocenters. The van der Waals surface area contributed by atoms with Crippen LogP contribution in [0.4, 0.5) is 11.4 Å². The molecule has 3 aromatic rings. The number of carbonyl (C=O) groups is 1. The summed E-state index contributed by atoms with van der Waals surface area (Å²) in [5.74, 6) is 0.0418. The average Bonchev–Trinajstić information content (AvgIpc) is 2.88. The van der Waals surface area contributed by atoms with Crippen molar-refractivity contribution in [3.8, 4) is 0 Å². The molecule has 1 amide bonds. The third-order valence-electron chi connectivity index (χ3n) is 4.45. The summed E-state index contributed by atoms with van der Waals surface area (Å²) in [5, 5.41) is 4.59. The van der Waals surface area contributed by atoms with Crippen molar-refractivity contribution >= 4 is 38.8 Å². The van der Waals surface area contributed by atoms with E-state index in [1.807, 2.05) is 49.9 Å². The summed E-state index contributed by atoms with van der Waals surface area (Å²) in [4.78, 5) is 21.3. The van der Waals surface area contributed by atoms with Gasteiger partial charge >= 0.3 is 0 Å². The molecule has 4 nitrogen and oxygen atoms in total. The van der Waals surface area contributed by atoms with Crippen LogP contribution in [0.3, 0.4) is 0 Å². The molecule has 0 bridgehead atoms. The molecule has 1 aliphatic heterocycles. The summed E-state index contributed by atoms with van der Waals surface area (Å²) < 4.78 is 0. The van der Waals surface area contributed by atoms with Crippen LogP contribution in [-0.2, 0) is 0 Å². The molecule has 0 saturated carbocycles. The Hall–Kier alpha value is -2.40. The molecule has 4 rings (SSSR count). The normalized spacial score (nSPS) is 17.1. The fourth-order valence-electron chi connectivity index (χ4n) is 3.33. The molecule has 0 radical (unpaired) electrons. The zero-order valence-corrected chi connectivity index (χ0v) is 15.0. The van der Waals surface area contributed by atoms with Crippen LogP contribution in [0.25, 0.3) is 10.2 Å². The van der Waals surface area contributed by atoms with Crippen LogP contribution in [0.2, 0.25) is 0 Å². The van der Waals surface area contributed by atoms with E-state index in [4.69, 9.17) is 0 Å². The average molecular weight is 337 g/mol. The Morgan fingerprint density at radius 1 is 1.17 bits per heavy atom. The van der Waals surface area contributed by atoms with Crippen molar-refractivity contribution in [1.82, 2.24) is 4.98 Å². The van der Waals surface area contributed by atoms with Crippen LogP contribution >= 0.6 is 11.3 Å². The van der Waals surface area contributed by atoms with E-state index in [0.717, 1.165) is 37.7 Å². The molecule has 0 saturated heterocycles. The number of thiophene rings is 1. The van der Waals surface area contributed by atoms with Crippen LogP contribution in [0, 0.1) is 20.8 Å². The highest BCUT2D eigenvalue weighted by Gasteiger charge is 2.34. The topological polar surface area (TPSA) is 45.2 Å². The van der Waals surface area contributed by atoms with E-state index < -0.39 is 0 Å². The molecule has 5 heteroatoms. The smallest absolute Gasteiger partial charge is 0.272 e. The first-order valence-corrected chi connectivity index (χ1v) is 8.85. The first kappa shape index (κ1) is 15.1. The summed E-state index contributed by atoms with van der Waals surface area (Å²) in [5.41, 5.74) is 5.16. The highest BCUT2D eigenvalue weighted by Crippen LogP contribution is 2.41. The van der Waals surface area contributed by atoms with Crippen molar-refractivity contribution in [2.75, 3.05) is 10.2 Å². The maximum atomic E-state index is 13.1. The van der Waals surface area contributed by atoms with Crippen molar-refractivity contribution in [1.29, 1.82) is 0 Å². The largest absolute Gasteiger partial charge is 0.363 e. The van der Waals surface area contributed by atoms with Gasteiger partial charge in [-0.2, -0.15) is 0 Å². The van der Waals surface area contributed by atoms with Gasteiger partial charge in [-0.25, -0.2) is 4.98 Å². The second-order valence-electron chi connectivity index (χ2n) is 6.40. The van der Waals surface area contributed by atoms with Crippen LogP contribution in [0.15, 0.2) is 30.3 Å².